The SMILES string of the molecule is CCCCCCCCCS(=O)(=O)C(C)CC(=O)O. The van der Waals surface area contributed by atoms with E-state index in [4.69, 9.17) is 5.11 Å². The predicted octanol–water partition coefficient (Wildman–Crippen LogP) is 3.02. The van der Waals surface area contributed by atoms with Crippen LogP contribution in [0.4, 0.5) is 0 Å². The molecule has 1 N–H and O–H groups in total. The van der Waals surface area contributed by atoms with Gasteiger partial charge in [0.15, 0.2) is 9.84 Å². The summed E-state index contributed by atoms with van der Waals surface area (Å²) in [6, 6.07) is 0. The van der Waals surface area contributed by atoms with E-state index in [1.807, 2.05) is 0 Å². The summed E-state index contributed by atoms with van der Waals surface area (Å²) < 4.78 is 23.5. The van der Waals surface area contributed by atoms with Crippen LogP contribution in [-0.4, -0.2) is 30.5 Å². The van der Waals surface area contributed by atoms with Crippen LogP contribution in [0, 0.1) is 0 Å². The number of hydrogen-bond acceptors (Lipinski definition) is 3. The van der Waals surface area contributed by atoms with Crippen LogP contribution in [0.2, 0.25) is 0 Å². The highest BCUT2D eigenvalue weighted by Gasteiger charge is 2.22. The third-order valence-corrected chi connectivity index (χ3v) is 5.36. The topological polar surface area (TPSA) is 71.4 Å². The normalized spacial score (nSPS) is 13.4. The van der Waals surface area contributed by atoms with Gasteiger partial charge in [0, 0.05) is 0 Å². The number of carbonyl (C=O) groups is 1. The van der Waals surface area contributed by atoms with Gasteiger partial charge in [0.2, 0.25) is 0 Å². The van der Waals surface area contributed by atoms with E-state index < -0.39 is 21.1 Å². The van der Waals surface area contributed by atoms with Gasteiger partial charge in [-0.2, -0.15) is 0 Å². The molecule has 108 valence electrons. The minimum atomic E-state index is -3.23. The van der Waals surface area contributed by atoms with Gasteiger partial charge in [-0.05, 0) is 13.3 Å². The van der Waals surface area contributed by atoms with Gasteiger partial charge in [-0.25, -0.2) is 8.42 Å². The van der Waals surface area contributed by atoms with E-state index >= 15 is 0 Å². The van der Waals surface area contributed by atoms with Crippen LogP contribution in [0.3, 0.4) is 0 Å². The van der Waals surface area contributed by atoms with E-state index in [9.17, 15) is 13.2 Å². The second kappa shape index (κ2) is 9.36. The summed E-state index contributed by atoms with van der Waals surface area (Å²) in [5.41, 5.74) is 0. The predicted molar refractivity (Wildman–Crippen MR) is 73.5 cm³/mol. The lowest BCUT2D eigenvalue weighted by molar-refractivity contribution is -0.136. The molecule has 0 heterocycles. The zero-order valence-corrected chi connectivity index (χ0v) is 12.3. The molecule has 0 aliphatic carbocycles. The van der Waals surface area contributed by atoms with Crippen molar-refractivity contribution in [1.29, 1.82) is 0 Å². The summed E-state index contributed by atoms with van der Waals surface area (Å²) in [5.74, 6) is -0.930. The van der Waals surface area contributed by atoms with E-state index in [0.29, 0.717) is 6.42 Å². The zero-order chi connectivity index (χ0) is 14.0. The number of carboxylic acids is 1. The van der Waals surface area contributed by atoms with Crippen molar-refractivity contribution >= 4 is 15.8 Å². The highest BCUT2D eigenvalue weighted by molar-refractivity contribution is 7.92. The first-order chi connectivity index (χ1) is 8.40. The number of rotatable bonds is 11. The van der Waals surface area contributed by atoms with Crippen molar-refractivity contribution in [2.24, 2.45) is 0 Å². The molecule has 0 rings (SSSR count). The molecule has 0 aromatic heterocycles. The molecule has 0 saturated heterocycles. The van der Waals surface area contributed by atoms with Crippen molar-refractivity contribution in [3.63, 3.8) is 0 Å². The first-order valence-electron chi connectivity index (χ1n) is 6.83. The Morgan fingerprint density at radius 3 is 2.06 bits per heavy atom. The molecule has 0 bridgehead atoms. The van der Waals surface area contributed by atoms with Crippen molar-refractivity contribution in [2.45, 2.75) is 70.5 Å². The highest BCUT2D eigenvalue weighted by atomic mass is 32.2. The number of unbranched alkanes of at least 4 members (excludes halogenated alkanes) is 6. The van der Waals surface area contributed by atoms with Crippen molar-refractivity contribution in [3.8, 4) is 0 Å². The van der Waals surface area contributed by atoms with Crippen LogP contribution in [0.15, 0.2) is 0 Å². The maximum absolute atomic E-state index is 11.7. The molecule has 0 radical (unpaired) electrons. The van der Waals surface area contributed by atoms with Gasteiger partial charge in [0.05, 0.1) is 17.4 Å². The third kappa shape index (κ3) is 8.50. The average Bonchev–Trinajstić information content (AvgIpc) is 2.27. The maximum Gasteiger partial charge on any atom is 0.304 e. The van der Waals surface area contributed by atoms with Gasteiger partial charge in [0.25, 0.3) is 0 Å². The fourth-order valence-electron chi connectivity index (χ4n) is 1.83. The Bertz CT molecular complexity index is 322. The van der Waals surface area contributed by atoms with Crippen LogP contribution in [0.25, 0.3) is 0 Å². The van der Waals surface area contributed by atoms with Crippen LogP contribution < -0.4 is 0 Å². The Morgan fingerprint density at radius 2 is 1.56 bits per heavy atom. The largest absolute Gasteiger partial charge is 0.481 e. The Labute approximate surface area is 111 Å². The monoisotopic (exact) mass is 278 g/mol. The Morgan fingerprint density at radius 1 is 1.06 bits per heavy atom. The lowest BCUT2D eigenvalue weighted by Gasteiger charge is -2.10. The summed E-state index contributed by atoms with van der Waals surface area (Å²) >= 11 is 0. The summed E-state index contributed by atoms with van der Waals surface area (Å²) in [6.07, 6.45) is 7.19. The summed E-state index contributed by atoms with van der Waals surface area (Å²) in [6.45, 7) is 3.64. The zero-order valence-electron chi connectivity index (χ0n) is 11.5. The van der Waals surface area contributed by atoms with Gasteiger partial charge < -0.3 is 5.11 Å². The molecule has 1 atom stereocenters. The molecule has 0 aliphatic heterocycles. The number of hydrogen-bond donors (Lipinski definition) is 1. The maximum atomic E-state index is 11.7. The van der Waals surface area contributed by atoms with Gasteiger partial charge >= 0.3 is 5.97 Å². The first kappa shape index (κ1) is 17.4. The van der Waals surface area contributed by atoms with Gasteiger partial charge in [0.1, 0.15) is 0 Å². The molecule has 0 fully saturated rings. The first-order valence-corrected chi connectivity index (χ1v) is 8.55. The van der Waals surface area contributed by atoms with Gasteiger partial charge in [-0.1, -0.05) is 45.4 Å². The van der Waals surface area contributed by atoms with Gasteiger partial charge in [-0.15, -0.1) is 0 Å². The number of aliphatic carboxylic acids is 1. The average molecular weight is 278 g/mol. The van der Waals surface area contributed by atoms with Crippen LogP contribution in [0.1, 0.15) is 65.2 Å². The fraction of sp³-hybridized carbons (Fsp3) is 0.923. The molecule has 18 heavy (non-hydrogen) atoms. The van der Waals surface area contributed by atoms with Crippen molar-refractivity contribution in [1.82, 2.24) is 0 Å². The van der Waals surface area contributed by atoms with E-state index in [1.54, 1.807) is 0 Å². The van der Waals surface area contributed by atoms with E-state index in [0.717, 1.165) is 12.8 Å². The fourth-order valence-corrected chi connectivity index (χ4v) is 3.24. The molecule has 1 unspecified atom stereocenters. The molecule has 0 aromatic rings. The van der Waals surface area contributed by atoms with Gasteiger partial charge in [-0.3, -0.25) is 4.79 Å². The van der Waals surface area contributed by atoms with Crippen molar-refractivity contribution in [2.75, 3.05) is 5.75 Å². The summed E-state index contributed by atoms with van der Waals surface area (Å²) in [7, 11) is -3.23. The van der Waals surface area contributed by atoms with E-state index in [1.165, 1.54) is 32.6 Å². The highest BCUT2D eigenvalue weighted by Crippen LogP contribution is 2.12. The van der Waals surface area contributed by atoms with E-state index in [2.05, 4.69) is 6.92 Å². The van der Waals surface area contributed by atoms with Crippen molar-refractivity contribution < 1.29 is 18.3 Å². The smallest absolute Gasteiger partial charge is 0.304 e. The molecule has 0 amide bonds. The lowest BCUT2D eigenvalue weighted by atomic mass is 10.1. The summed E-state index contributed by atoms with van der Waals surface area (Å²) in [5, 5.41) is 7.81. The number of carboxylic acid groups (broad SMARTS) is 1. The molecule has 4 nitrogen and oxygen atoms in total. The lowest BCUT2D eigenvalue weighted by Crippen LogP contribution is -2.23. The Balaban J connectivity index is 3.74. The Hall–Kier alpha value is -0.580. The van der Waals surface area contributed by atoms with Crippen LogP contribution in [-0.2, 0) is 14.6 Å². The third-order valence-electron chi connectivity index (χ3n) is 3.11. The van der Waals surface area contributed by atoms with Crippen LogP contribution in [0.5, 0.6) is 0 Å². The molecule has 0 aromatic carbocycles. The van der Waals surface area contributed by atoms with Crippen LogP contribution >= 0.6 is 0 Å². The molecule has 0 spiro atoms. The second-order valence-corrected chi connectivity index (χ2v) is 7.44. The Kier molecular flexibility index (Phi) is 9.06. The molecule has 0 saturated carbocycles. The molecular weight excluding hydrogens is 252 g/mol. The molecular formula is C13H26O4S. The molecule has 5 heteroatoms. The second-order valence-electron chi connectivity index (χ2n) is 4.90. The van der Waals surface area contributed by atoms with Crippen molar-refractivity contribution in [3.05, 3.63) is 0 Å². The minimum absolute atomic E-state index is 0.120. The standard InChI is InChI=1S/C13H26O4S/c1-3-4-5-6-7-8-9-10-18(16,17)12(2)11-13(14)15/h12H,3-11H2,1-2H3,(H,14,15). The van der Waals surface area contributed by atoms with E-state index in [-0.39, 0.29) is 12.2 Å². The minimum Gasteiger partial charge on any atom is -0.481 e. The quantitative estimate of drug-likeness (QED) is 0.590. The summed E-state index contributed by atoms with van der Waals surface area (Å²) in [4.78, 5) is 10.5. The molecule has 0 aliphatic rings. The number of sulfone groups is 1.